The number of furan rings is 1. The van der Waals surface area contributed by atoms with Gasteiger partial charge >= 0.3 is 0 Å². The quantitative estimate of drug-likeness (QED) is 0.879. The van der Waals surface area contributed by atoms with E-state index in [1.807, 2.05) is 12.1 Å². The van der Waals surface area contributed by atoms with Crippen molar-refractivity contribution in [2.24, 2.45) is 0 Å². The Morgan fingerprint density at radius 3 is 2.55 bits per heavy atom. The van der Waals surface area contributed by atoms with Gasteiger partial charge in [0.2, 0.25) is 0 Å². The molecule has 1 heterocycles. The molecule has 0 amide bonds. The van der Waals surface area contributed by atoms with Crippen LogP contribution in [0.3, 0.4) is 0 Å². The number of hydrogen-bond donors (Lipinski definition) is 1. The molecule has 1 N–H and O–H groups in total. The van der Waals surface area contributed by atoms with Crippen molar-refractivity contribution in [1.29, 1.82) is 0 Å². The highest BCUT2D eigenvalue weighted by atomic mass is 79.9. The van der Waals surface area contributed by atoms with Gasteiger partial charge in [0.25, 0.3) is 0 Å². The maximum atomic E-state index is 6.05. The Morgan fingerprint density at radius 2 is 2.00 bits per heavy atom. The number of nitrogens with one attached hydrogen (secondary N) is 1. The van der Waals surface area contributed by atoms with Crippen molar-refractivity contribution in [3.05, 3.63) is 27.9 Å². The van der Waals surface area contributed by atoms with Crippen molar-refractivity contribution in [3.63, 3.8) is 0 Å². The summed E-state index contributed by atoms with van der Waals surface area (Å²) in [7, 11) is 1.68. The second-order valence-corrected chi connectivity index (χ2v) is 6.80. The number of halogens is 1. The molecule has 4 heteroatoms. The molecule has 3 nitrogen and oxygen atoms in total. The van der Waals surface area contributed by atoms with Crippen LogP contribution in [0.4, 0.5) is 0 Å². The zero-order chi connectivity index (χ0) is 14.9. The van der Waals surface area contributed by atoms with Gasteiger partial charge in [-0.2, -0.15) is 0 Å². The van der Waals surface area contributed by atoms with Crippen molar-refractivity contribution < 1.29 is 9.15 Å². The van der Waals surface area contributed by atoms with Crippen molar-refractivity contribution >= 4 is 26.9 Å². The standard InChI is InChI=1S/C16H22BrNO2/c1-6-11-12-7-10(19-5)8-13(17)15(12)20-14(11)9-18-16(2,3)4/h7-8,18H,6,9H2,1-5H3. The summed E-state index contributed by atoms with van der Waals surface area (Å²) in [4.78, 5) is 0. The highest BCUT2D eigenvalue weighted by Gasteiger charge is 2.18. The predicted molar refractivity (Wildman–Crippen MR) is 86.4 cm³/mol. The fourth-order valence-corrected chi connectivity index (χ4v) is 2.75. The summed E-state index contributed by atoms with van der Waals surface area (Å²) in [5.74, 6) is 1.85. The van der Waals surface area contributed by atoms with Crippen LogP contribution in [0, 0.1) is 0 Å². The average molecular weight is 340 g/mol. The molecule has 1 aromatic heterocycles. The van der Waals surface area contributed by atoms with E-state index in [4.69, 9.17) is 9.15 Å². The highest BCUT2D eigenvalue weighted by Crippen LogP contribution is 2.35. The average Bonchev–Trinajstić information content (AvgIpc) is 2.73. The lowest BCUT2D eigenvalue weighted by Gasteiger charge is -2.19. The van der Waals surface area contributed by atoms with Gasteiger partial charge in [0.05, 0.1) is 18.1 Å². The molecule has 2 aromatic rings. The van der Waals surface area contributed by atoms with E-state index in [1.54, 1.807) is 7.11 Å². The third kappa shape index (κ3) is 3.18. The zero-order valence-corrected chi connectivity index (χ0v) is 14.3. The molecular formula is C16H22BrNO2. The summed E-state index contributed by atoms with van der Waals surface area (Å²) >= 11 is 3.56. The molecular weight excluding hydrogens is 318 g/mol. The Bertz CT molecular complexity index is 611. The molecule has 20 heavy (non-hydrogen) atoms. The van der Waals surface area contributed by atoms with Crippen molar-refractivity contribution in [2.45, 2.75) is 46.2 Å². The smallest absolute Gasteiger partial charge is 0.149 e. The Balaban J connectivity index is 2.48. The van der Waals surface area contributed by atoms with E-state index in [1.165, 1.54) is 5.56 Å². The molecule has 110 valence electrons. The molecule has 0 aliphatic heterocycles. The van der Waals surface area contributed by atoms with Gasteiger partial charge in [-0.1, -0.05) is 6.92 Å². The van der Waals surface area contributed by atoms with Crippen LogP contribution in [0.5, 0.6) is 5.75 Å². The van der Waals surface area contributed by atoms with Crippen LogP contribution >= 0.6 is 15.9 Å². The summed E-state index contributed by atoms with van der Waals surface area (Å²) in [5.41, 5.74) is 2.21. The lowest BCUT2D eigenvalue weighted by atomic mass is 10.1. The molecule has 0 saturated carbocycles. The molecule has 0 fully saturated rings. The maximum absolute atomic E-state index is 6.05. The third-order valence-corrected chi connectivity index (χ3v) is 3.86. The Kier molecular flexibility index (Phi) is 4.45. The number of aryl methyl sites for hydroxylation is 1. The van der Waals surface area contributed by atoms with E-state index in [2.05, 4.69) is 48.9 Å². The number of ether oxygens (including phenoxy) is 1. The largest absolute Gasteiger partial charge is 0.497 e. The minimum absolute atomic E-state index is 0.0684. The molecule has 0 unspecified atom stereocenters. The van der Waals surface area contributed by atoms with Crippen molar-refractivity contribution in [3.8, 4) is 5.75 Å². The summed E-state index contributed by atoms with van der Waals surface area (Å²) in [6.45, 7) is 9.34. The minimum atomic E-state index is 0.0684. The summed E-state index contributed by atoms with van der Waals surface area (Å²) in [5, 5.41) is 4.61. The van der Waals surface area contributed by atoms with Gasteiger partial charge in [-0.3, -0.25) is 0 Å². The molecule has 2 rings (SSSR count). The van der Waals surface area contributed by atoms with Crippen LogP contribution in [-0.4, -0.2) is 12.6 Å². The maximum Gasteiger partial charge on any atom is 0.149 e. The molecule has 0 bridgehead atoms. The Labute approximate surface area is 128 Å². The first-order valence-electron chi connectivity index (χ1n) is 6.88. The molecule has 0 aliphatic carbocycles. The van der Waals surface area contributed by atoms with Gasteiger partial charge < -0.3 is 14.5 Å². The van der Waals surface area contributed by atoms with Crippen LogP contribution in [0.2, 0.25) is 0 Å². The van der Waals surface area contributed by atoms with E-state index in [-0.39, 0.29) is 5.54 Å². The topological polar surface area (TPSA) is 34.4 Å². The Morgan fingerprint density at radius 1 is 1.30 bits per heavy atom. The zero-order valence-electron chi connectivity index (χ0n) is 12.8. The first-order valence-corrected chi connectivity index (χ1v) is 7.68. The minimum Gasteiger partial charge on any atom is -0.497 e. The summed E-state index contributed by atoms with van der Waals surface area (Å²) < 4.78 is 12.3. The number of hydrogen-bond acceptors (Lipinski definition) is 3. The molecule has 0 atom stereocenters. The van der Waals surface area contributed by atoms with Crippen LogP contribution in [0.25, 0.3) is 11.0 Å². The monoisotopic (exact) mass is 339 g/mol. The van der Waals surface area contributed by atoms with E-state index < -0.39 is 0 Å². The van der Waals surface area contributed by atoms with E-state index in [0.717, 1.165) is 39.9 Å². The predicted octanol–water partition coefficient (Wildman–Crippen LogP) is 4.65. The molecule has 0 aliphatic rings. The summed E-state index contributed by atoms with van der Waals surface area (Å²) in [6, 6.07) is 3.98. The number of benzene rings is 1. The van der Waals surface area contributed by atoms with E-state index >= 15 is 0 Å². The van der Waals surface area contributed by atoms with Gasteiger partial charge in [0.15, 0.2) is 0 Å². The molecule has 0 spiro atoms. The van der Waals surface area contributed by atoms with Crippen LogP contribution < -0.4 is 10.1 Å². The van der Waals surface area contributed by atoms with Crippen LogP contribution in [0.1, 0.15) is 39.0 Å². The second kappa shape index (κ2) is 5.78. The van der Waals surface area contributed by atoms with Crippen LogP contribution in [-0.2, 0) is 13.0 Å². The molecule has 0 radical (unpaired) electrons. The van der Waals surface area contributed by atoms with E-state index in [0.29, 0.717) is 0 Å². The van der Waals surface area contributed by atoms with Gasteiger partial charge in [-0.25, -0.2) is 0 Å². The lowest BCUT2D eigenvalue weighted by Crippen LogP contribution is -2.35. The fraction of sp³-hybridized carbons (Fsp3) is 0.500. The first-order chi connectivity index (χ1) is 9.35. The highest BCUT2D eigenvalue weighted by molar-refractivity contribution is 9.10. The lowest BCUT2D eigenvalue weighted by molar-refractivity contribution is 0.393. The normalized spacial score (nSPS) is 12.1. The summed E-state index contributed by atoms with van der Waals surface area (Å²) in [6.07, 6.45) is 0.938. The number of fused-ring (bicyclic) bond motifs is 1. The number of methoxy groups -OCH3 is 1. The SMILES string of the molecule is CCc1c(CNC(C)(C)C)oc2c(Br)cc(OC)cc12. The van der Waals surface area contributed by atoms with Gasteiger partial charge in [0.1, 0.15) is 17.1 Å². The first kappa shape index (κ1) is 15.4. The van der Waals surface area contributed by atoms with Crippen LogP contribution in [0.15, 0.2) is 21.0 Å². The Hall–Kier alpha value is -1.00. The van der Waals surface area contributed by atoms with Crippen molar-refractivity contribution in [1.82, 2.24) is 5.32 Å². The van der Waals surface area contributed by atoms with E-state index in [9.17, 15) is 0 Å². The van der Waals surface area contributed by atoms with Gasteiger partial charge in [-0.05, 0) is 55.3 Å². The third-order valence-electron chi connectivity index (χ3n) is 3.27. The fourth-order valence-electron chi connectivity index (χ4n) is 2.23. The van der Waals surface area contributed by atoms with Crippen molar-refractivity contribution in [2.75, 3.05) is 7.11 Å². The number of rotatable bonds is 4. The van der Waals surface area contributed by atoms with Gasteiger partial charge in [-0.15, -0.1) is 0 Å². The molecule has 1 aromatic carbocycles. The second-order valence-electron chi connectivity index (χ2n) is 5.95. The van der Waals surface area contributed by atoms with Gasteiger partial charge in [0, 0.05) is 16.5 Å². The molecule has 0 saturated heterocycles.